The SMILES string of the molecule is CCNC(c1cc(Br)ccc1Br)c1c(Cl)cnn1C. The van der Waals surface area contributed by atoms with Crippen molar-refractivity contribution in [3.63, 3.8) is 0 Å². The van der Waals surface area contributed by atoms with Crippen LogP contribution in [0.5, 0.6) is 0 Å². The number of nitrogens with one attached hydrogen (secondary N) is 1. The third-order valence-electron chi connectivity index (χ3n) is 2.89. The van der Waals surface area contributed by atoms with E-state index in [1.54, 1.807) is 6.20 Å². The van der Waals surface area contributed by atoms with Crippen LogP contribution < -0.4 is 5.32 Å². The molecule has 19 heavy (non-hydrogen) atoms. The van der Waals surface area contributed by atoms with Crippen LogP contribution in [-0.2, 0) is 7.05 Å². The van der Waals surface area contributed by atoms with Crippen LogP contribution in [0.4, 0.5) is 0 Å². The first kappa shape index (κ1) is 15.0. The van der Waals surface area contributed by atoms with Crippen molar-refractivity contribution in [2.24, 2.45) is 7.05 Å². The van der Waals surface area contributed by atoms with Gasteiger partial charge in [0.15, 0.2) is 0 Å². The maximum absolute atomic E-state index is 6.27. The first-order valence-electron chi connectivity index (χ1n) is 5.90. The number of hydrogen-bond acceptors (Lipinski definition) is 2. The van der Waals surface area contributed by atoms with E-state index < -0.39 is 0 Å². The lowest BCUT2D eigenvalue weighted by atomic mass is 10.0. The maximum atomic E-state index is 6.27. The molecule has 2 rings (SSSR count). The normalized spacial score (nSPS) is 12.7. The molecule has 0 amide bonds. The minimum absolute atomic E-state index is 0.00289. The highest BCUT2D eigenvalue weighted by atomic mass is 79.9. The highest BCUT2D eigenvalue weighted by molar-refractivity contribution is 9.11. The standard InChI is InChI=1S/C13H14Br2ClN3/c1-3-17-12(13-11(16)7-18-19(13)2)9-6-8(14)4-5-10(9)15/h4-7,12,17H,3H2,1-2H3. The Morgan fingerprint density at radius 2 is 2.16 bits per heavy atom. The Bertz CT molecular complexity index is 564. The quantitative estimate of drug-likeness (QED) is 0.819. The molecule has 0 saturated heterocycles. The predicted molar refractivity (Wildman–Crippen MR) is 85.6 cm³/mol. The molecule has 2 aromatic rings. The van der Waals surface area contributed by atoms with Crippen molar-refractivity contribution in [3.8, 4) is 0 Å². The lowest BCUT2D eigenvalue weighted by molar-refractivity contribution is 0.571. The third kappa shape index (κ3) is 3.21. The van der Waals surface area contributed by atoms with E-state index in [-0.39, 0.29) is 6.04 Å². The van der Waals surface area contributed by atoms with Gasteiger partial charge in [0.05, 0.1) is 23.0 Å². The number of halogens is 3. The number of aryl methyl sites for hydroxylation is 1. The van der Waals surface area contributed by atoms with Crippen LogP contribution in [0.25, 0.3) is 0 Å². The predicted octanol–water partition coefficient (Wildman–Crippen LogP) is 4.30. The van der Waals surface area contributed by atoms with Gasteiger partial charge in [0, 0.05) is 16.0 Å². The van der Waals surface area contributed by atoms with E-state index in [1.165, 1.54) is 0 Å². The zero-order valence-corrected chi connectivity index (χ0v) is 14.6. The fraction of sp³-hybridized carbons (Fsp3) is 0.308. The first-order chi connectivity index (χ1) is 9.04. The molecule has 0 fully saturated rings. The van der Waals surface area contributed by atoms with Crippen LogP contribution in [0.3, 0.4) is 0 Å². The fourth-order valence-electron chi connectivity index (χ4n) is 2.04. The average Bonchev–Trinajstić information content (AvgIpc) is 2.70. The number of aromatic nitrogens is 2. The van der Waals surface area contributed by atoms with Crippen molar-refractivity contribution in [2.75, 3.05) is 6.54 Å². The molecule has 0 aliphatic rings. The summed E-state index contributed by atoms with van der Waals surface area (Å²) in [6.07, 6.45) is 1.67. The molecule has 1 N–H and O–H groups in total. The summed E-state index contributed by atoms with van der Waals surface area (Å²) < 4.78 is 3.88. The van der Waals surface area contributed by atoms with Gasteiger partial charge in [-0.15, -0.1) is 0 Å². The number of nitrogens with zero attached hydrogens (tertiary/aromatic N) is 2. The molecule has 0 saturated carbocycles. The molecule has 0 aliphatic carbocycles. The summed E-state index contributed by atoms with van der Waals surface area (Å²) in [5.41, 5.74) is 2.09. The fourth-order valence-corrected chi connectivity index (χ4v) is 3.17. The molecule has 0 aliphatic heterocycles. The summed E-state index contributed by atoms with van der Waals surface area (Å²) in [5, 5.41) is 8.34. The van der Waals surface area contributed by atoms with E-state index in [0.717, 1.165) is 26.7 Å². The largest absolute Gasteiger partial charge is 0.305 e. The van der Waals surface area contributed by atoms with Crippen molar-refractivity contribution in [2.45, 2.75) is 13.0 Å². The second-order valence-electron chi connectivity index (χ2n) is 4.16. The summed E-state index contributed by atoms with van der Waals surface area (Å²) in [6, 6.07) is 6.10. The van der Waals surface area contributed by atoms with Gasteiger partial charge in [0.1, 0.15) is 0 Å². The molecule has 1 unspecified atom stereocenters. The Morgan fingerprint density at radius 1 is 1.42 bits per heavy atom. The van der Waals surface area contributed by atoms with E-state index in [4.69, 9.17) is 11.6 Å². The molecule has 3 nitrogen and oxygen atoms in total. The summed E-state index contributed by atoms with van der Waals surface area (Å²) in [6.45, 7) is 2.91. The molecule has 102 valence electrons. The van der Waals surface area contributed by atoms with Crippen LogP contribution in [0.15, 0.2) is 33.3 Å². The Balaban J connectivity index is 2.54. The van der Waals surface area contributed by atoms with Gasteiger partial charge in [-0.25, -0.2) is 0 Å². The van der Waals surface area contributed by atoms with E-state index in [2.05, 4.69) is 55.3 Å². The molecule has 1 aromatic carbocycles. The Kier molecular flexibility index (Phi) is 5.06. The van der Waals surface area contributed by atoms with Gasteiger partial charge in [0.25, 0.3) is 0 Å². The summed E-state index contributed by atoms with van der Waals surface area (Å²) in [5.74, 6) is 0. The van der Waals surface area contributed by atoms with Crippen LogP contribution in [-0.4, -0.2) is 16.3 Å². The zero-order chi connectivity index (χ0) is 14.0. The van der Waals surface area contributed by atoms with E-state index in [9.17, 15) is 0 Å². The maximum Gasteiger partial charge on any atom is 0.0837 e. The molecule has 1 aromatic heterocycles. The summed E-state index contributed by atoms with van der Waals surface area (Å²) in [7, 11) is 1.90. The second-order valence-corrected chi connectivity index (χ2v) is 6.34. The second kappa shape index (κ2) is 6.39. The minimum atomic E-state index is -0.00289. The van der Waals surface area contributed by atoms with Crippen molar-refractivity contribution in [3.05, 3.63) is 49.6 Å². The molecular weight excluding hydrogens is 393 g/mol. The lowest BCUT2D eigenvalue weighted by Crippen LogP contribution is -2.25. The van der Waals surface area contributed by atoms with Crippen LogP contribution in [0.2, 0.25) is 5.02 Å². The van der Waals surface area contributed by atoms with Crippen LogP contribution in [0, 0.1) is 0 Å². The molecule has 1 heterocycles. The summed E-state index contributed by atoms with van der Waals surface area (Å²) >= 11 is 13.4. The van der Waals surface area contributed by atoms with Gasteiger partial charge in [-0.3, -0.25) is 4.68 Å². The lowest BCUT2D eigenvalue weighted by Gasteiger charge is -2.21. The summed E-state index contributed by atoms with van der Waals surface area (Å²) in [4.78, 5) is 0. The number of benzene rings is 1. The number of rotatable bonds is 4. The number of hydrogen-bond donors (Lipinski definition) is 1. The highest BCUT2D eigenvalue weighted by Crippen LogP contribution is 2.33. The molecular formula is C13H14Br2ClN3. The van der Waals surface area contributed by atoms with E-state index >= 15 is 0 Å². The minimum Gasteiger partial charge on any atom is -0.305 e. The van der Waals surface area contributed by atoms with Gasteiger partial charge < -0.3 is 5.32 Å². The monoisotopic (exact) mass is 405 g/mol. The highest BCUT2D eigenvalue weighted by Gasteiger charge is 2.22. The van der Waals surface area contributed by atoms with Crippen LogP contribution in [0.1, 0.15) is 24.2 Å². The Morgan fingerprint density at radius 3 is 2.74 bits per heavy atom. The molecule has 0 radical (unpaired) electrons. The van der Waals surface area contributed by atoms with Crippen molar-refractivity contribution < 1.29 is 0 Å². The van der Waals surface area contributed by atoms with Gasteiger partial charge in [-0.2, -0.15) is 5.10 Å². The van der Waals surface area contributed by atoms with Crippen LogP contribution >= 0.6 is 43.5 Å². The molecule has 1 atom stereocenters. The van der Waals surface area contributed by atoms with Gasteiger partial charge in [-0.1, -0.05) is 50.4 Å². The van der Waals surface area contributed by atoms with E-state index in [0.29, 0.717) is 5.02 Å². The van der Waals surface area contributed by atoms with Crippen molar-refractivity contribution in [1.82, 2.24) is 15.1 Å². The average molecular weight is 408 g/mol. The molecule has 0 spiro atoms. The first-order valence-corrected chi connectivity index (χ1v) is 7.86. The van der Waals surface area contributed by atoms with Crippen molar-refractivity contribution in [1.29, 1.82) is 0 Å². The Hall–Kier alpha value is -0.360. The molecule has 6 heteroatoms. The third-order valence-corrected chi connectivity index (χ3v) is 4.39. The smallest absolute Gasteiger partial charge is 0.0837 e. The topological polar surface area (TPSA) is 29.9 Å². The van der Waals surface area contributed by atoms with Crippen molar-refractivity contribution >= 4 is 43.5 Å². The Labute approximate surface area is 134 Å². The zero-order valence-electron chi connectivity index (χ0n) is 10.6. The van der Waals surface area contributed by atoms with Gasteiger partial charge in [-0.05, 0) is 30.3 Å². The van der Waals surface area contributed by atoms with Gasteiger partial charge in [0.2, 0.25) is 0 Å². The van der Waals surface area contributed by atoms with E-state index in [1.807, 2.05) is 23.9 Å². The molecule has 0 bridgehead atoms. The van der Waals surface area contributed by atoms with Gasteiger partial charge >= 0.3 is 0 Å².